The predicted molar refractivity (Wildman–Crippen MR) is 137 cm³/mol. The van der Waals surface area contributed by atoms with Gasteiger partial charge in [0, 0.05) is 18.0 Å². The van der Waals surface area contributed by atoms with Gasteiger partial charge < -0.3 is 4.74 Å². The molecule has 4 heteroatoms. The average molecular weight is 457 g/mol. The van der Waals surface area contributed by atoms with Crippen LogP contribution in [0.5, 0.6) is 5.75 Å². The molecule has 1 aromatic heterocycles. The summed E-state index contributed by atoms with van der Waals surface area (Å²) in [6, 6.07) is 7.64. The molecule has 0 N–H and O–H groups in total. The van der Waals surface area contributed by atoms with Crippen molar-refractivity contribution in [1.82, 2.24) is 9.97 Å². The molecule has 0 aliphatic rings. The van der Waals surface area contributed by atoms with E-state index in [4.69, 9.17) is 4.74 Å². The minimum atomic E-state index is -0.923. The quantitative estimate of drug-likeness (QED) is 0.210. The van der Waals surface area contributed by atoms with Crippen LogP contribution in [0.1, 0.15) is 103 Å². The van der Waals surface area contributed by atoms with Gasteiger partial charge in [0.1, 0.15) is 18.5 Å². The lowest BCUT2D eigenvalue weighted by molar-refractivity contribution is 0.168. The minimum Gasteiger partial charge on any atom is -0.491 e. The van der Waals surface area contributed by atoms with Crippen LogP contribution in [-0.2, 0) is 6.42 Å². The molecule has 2 aromatic rings. The molecular formula is C29H45FN2O. The normalized spacial score (nSPS) is 13.1. The number of benzene rings is 1. The van der Waals surface area contributed by atoms with E-state index in [0.29, 0.717) is 23.9 Å². The highest BCUT2D eigenvalue weighted by Crippen LogP contribution is 2.21. The Morgan fingerprint density at radius 1 is 0.818 bits per heavy atom. The van der Waals surface area contributed by atoms with Gasteiger partial charge in [-0.15, -0.1) is 0 Å². The Balaban J connectivity index is 1.69. The third-order valence-electron chi connectivity index (χ3n) is 6.28. The van der Waals surface area contributed by atoms with Crippen LogP contribution in [0.3, 0.4) is 0 Å². The van der Waals surface area contributed by atoms with Crippen LogP contribution >= 0.6 is 0 Å². The first-order chi connectivity index (χ1) is 16.1. The van der Waals surface area contributed by atoms with Gasteiger partial charge in [-0.2, -0.15) is 0 Å². The highest BCUT2D eigenvalue weighted by molar-refractivity contribution is 5.55. The maximum absolute atomic E-state index is 14.2. The third-order valence-corrected chi connectivity index (χ3v) is 6.28. The number of alkyl halides is 1. The number of halogens is 1. The number of ether oxygens (including phenoxy) is 1. The first-order valence-electron chi connectivity index (χ1n) is 13.3. The highest BCUT2D eigenvalue weighted by Gasteiger charge is 2.13. The van der Waals surface area contributed by atoms with Crippen LogP contribution in [0.15, 0.2) is 36.7 Å². The Kier molecular flexibility index (Phi) is 13.7. The van der Waals surface area contributed by atoms with E-state index in [1.807, 2.05) is 36.7 Å². The number of aryl methyl sites for hydroxylation is 1. The molecule has 3 nitrogen and oxygen atoms in total. The number of unbranched alkanes of at least 4 members (excludes halogenated alkanes) is 8. The second-order valence-corrected chi connectivity index (χ2v) is 9.56. The Morgan fingerprint density at radius 2 is 1.42 bits per heavy atom. The first-order valence-corrected chi connectivity index (χ1v) is 13.3. The second-order valence-electron chi connectivity index (χ2n) is 9.56. The van der Waals surface area contributed by atoms with Crippen LogP contribution in [0.25, 0.3) is 11.4 Å². The SMILES string of the molecule is CCCCCCCCCCc1cnc(-c2ccc(OC[C@H](F)C[C@@H](C)CCCC)cc2)nc1. The zero-order valence-corrected chi connectivity index (χ0v) is 21.2. The summed E-state index contributed by atoms with van der Waals surface area (Å²) in [5.41, 5.74) is 2.15. The molecule has 184 valence electrons. The fraction of sp³-hybridized carbons (Fsp3) is 0.655. The summed E-state index contributed by atoms with van der Waals surface area (Å²) in [4.78, 5) is 9.09. The molecule has 0 unspecified atom stereocenters. The lowest BCUT2D eigenvalue weighted by Crippen LogP contribution is -2.16. The molecule has 2 atom stereocenters. The molecule has 1 heterocycles. The Hall–Kier alpha value is -1.97. The summed E-state index contributed by atoms with van der Waals surface area (Å²) in [6.07, 6.45) is 18.6. The third kappa shape index (κ3) is 11.6. The molecule has 0 radical (unpaired) electrons. The Labute approximate surface area is 201 Å². The van der Waals surface area contributed by atoms with E-state index >= 15 is 0 Å². The molecule has 0 spiro atoms. The average Bonchev–Trinajstić information content (AvgIpc) is 2.84. The molecule has 33 heavy (non-hydrogen) atoms. The van der Waals surface area contributed by atoms with Gasteiger partial charge in [0.2, 0.25) is 0 Å². The van der Waals surface area contributed by atoms with Gasteiger partial charge in [0.25, 0.3) is 0 Å². The van der Waals surface area contributed by atoms with Gasteiger partial charge >= 0.3 is 0 Å². The minimum absolute atomic E-state index is 0.111. The van der Waals surface area contributed by atoms with Crippen LogP contribution in [0.4, 0.5) is 4.39 Å². The molecule has 0 bridgehead atoms. The van der Waals surface area contributed by atoms with E-state index in [9.17, 15) is 4.39 Å². The van der Waals surface area contributed by atoms with E-state index in [1.54, 1.807) is 0 Å². The number of nitrogens with zero attached hydrogens (tertiary/aromatic N) is 2. The zero-order chi connectivity index (χ0) is 23.7. The van der Waals surface area contributed by atoms with Crippen molar-refractivity contribution in [2.45, 2.75) is 110 Å². The van der Waals surface area contributed by atoms with Gasteiger partial charge in [-0.25, -0.2) is 14.4 Å². The molecular weight excluding hydrogens is 411 g/mol. The van der Waals surface area contributed by atoms with Gasteiger partial charge in [-0.3, -0.25) is 0 Å². The molecule has 1 aromatic carbocycles. The summed E-state index contributed by atoms with van der Waals surface area (Å²) >= 11 is 0. The van der Waals surface area contributed by atoms with Crippen LogP contribution < -0.4 is 4.74 Å². The number of aromatic nitrogens is 2. The molecule has 0 saturated carbocycles. The molecule has 0 saturated heterocycles. The topological polar surface area (TPSA) is 35.0 Å². The lowest BCUT2D eigenvalue weighted by Gasteiger charge is -2.15. The van der Waals surface area contributed by atoms with E-state index in [2.05, 4.69) is 30.7 Å². The van der Waals surface area contributed by atoms with Crippen molar-refractivity contribution in [2.24, 2.45) is 5.92 Å². The summed E-state index contributed by atoms with van der Waals surface area (Å²) in [6.45, 7) is 6.67. The van der Waals surface area contributed by atoms with Gasteiger partial charge in [-0.05, 0) is 55.0 Å². The number of hydrogen-bond acceptors (Lipinski definition) is 3. The molecule has 2 rings (SSSR count). The van der Waals surface area contributed by atoms with Gasteiger partial charge in [-0.1, -0.05) is 85.0 Å². The van der Waals surface area contributed by atoms with Crippen molar-refractivity contribution in [3.05, 3.63) is 42.2 Å². The Morgan fingerprint density at radius 3 is 2.06 bits per heavy atom. The summed E-state index contributed by atoms with van der Waals surface area (Å²) in [5.74, 6) is 1.81. The standard InChI is InChI=1S/C29H45FN2O/c1-4-6-8-9-10-11-12-13-15-25-21-31-29(32-22-25)26-16-18-28(19-17-26)33-23-27(30)20-24(3)14-7-5-2/h16-19,21-22,24,27H,4-15,20,23H2,1-3H3/t24-,27+/m0/s1. The molecule has 0 fully saturated rings. The van der Waals surface area contributed by atoms with Crippen molar-refractivity contribution < 1.29 is 9.13 Å². The maximum Gasteiger partial charge on any atom is 0.159 e. The molecule has 0 amide bonds. The fourth-order valence-corrected chi connectivity index (χ4v) is 4.16. The van der Waals surface area contributed by atoms with Crippen molar-refractivity contribution in [3.63, 3.8) is 0 Å². The smallest absolute Gasteiger partial charge is 0.159 e. The van der Waals surface area contributed by atoms with Crippen molar-refractivity contribution in [2.75, 3.05) is 6.61 Å². The molecule has 0 aliphatic carbocycles. The second kappa shape index (κ2) is 16.6. The summed E-state index contributed by atoms with van der Waals surface area (Å²) < 4.78 is 19.9. The van der Waals surface area contributed by atoms with Crippen LogP contribution in [-0.4, -0.2) is 22.7 Å². The van der Waals surface area contributed by atoms with Crippen molar-refractivity contribution >= 4 is 0 Å². The van der Waals surface area contributed by atoms with Crippen LogP contribution in [0, 0.1) is 5.92 Å². The first kappa shape index (κ1) is 27.3. The van der Waals surface area contributed by atoms with Gasteiger partial charge in [0.05, 0.1) is 0 Å². The van der Waals surface area contributed by atoms with E-state index in [0.717, 1.165) is 24.8 Å². The predicted octanol–water partition coefficient (Wildman–Crippen LogP) is 8.76. The largest absolute Gasteiger partial charge is 0.491 e. The number of hydrogen-bond donors (Lipinski definition) is 0. The highest BCUT2D eigenvalue weighted by atomic mass is 19.1. The monoisotopic (exact) mass is 456 g/mol. The molecule has 0 aliphatic heterocycles. The van der Waals surface area contributed by atoms with Crippen LogP contribution in [0.2, 0.25) is 0 Å². The van der Waals surface area contributed by atoms with Gasteiger partial charge in [0.15, 0.2) is 5.82 Å². The van der Waals surface area contributed by atoms with E-state index < -0.39 is 6.17 Å². The van der Waals surface area contributed by atoms with E-state index in [-0.39, 0.29) is 6.61 Å². The fourth-order valence-electron chi connectivity index (χ4n) is 4.16. The Bertz CT molecular complexity index is 732. The maximum atomic E-state index is 14.2. The lowest BCUT2D eigenvalue weighted by atomic mass is 9.98. The summed E-state index contributed by atoms with van der Waals surface area (Å²) in [7, 11) is 0. The van der Waals surface area contributed by atoms with E-state index in [1.165, 1.54) is 63.4 Å². The zero-order valence-electron chi connectivity index (χ0n) is 21.2. The van der Waals surface area contributed by atoms with Crippen molar-refractivity contribution in [1.29, 1.82) is 0 Å². The summed E-state index contributed by atoms with van der Waals surface area (Å²) in [5, 5.41) is 0. The number of rotatable bonds is 18. The van der Waals surface area contributed by atoms with Crippen molar-refractivity contribution in [3.8, 4) is 17.1 Å².